The molecule has 3 aromatic rings. The van der Waals surface area contributed by atoms with Crippen molar-refractivity contribution in [3.05, 3.63) is 58.1 Å². The molecule has 0 bridgehead atoms. The van der Waals surface area contributed by atoms with Gasteiger partial charge in [-0.25, -0.2) is 4.98 Å². The Morgan fingerprint density at radius 3 is 2.87 bits per heavy atom. The van der Waals surface area contributed by atoms with Crippen molar-refractivity contribution in [2.75, 3.05) is 5.32 Å². The number of nitrogens with one attached hydrogen (secondary N) is 1. The zero-order valence-corrected chi connectivity index (χ0v) is 14.3. The van der Waals surface area contributed by atoms with Gasteiger partial charge in [-0.1, -0.05) is 28.1 Å². The summed E-state index contributed by atoms with van der Waals surface area (Å²) in [4.78, 5) is 15.9. The van der Waals surface area contributed by atoms with Crippen LogP contribution in [0.5, 0.6) is 0 Å². The van der Waals surface area contributed by atoms with Crippen LogP contribution in [0.3, 0.4) is 0 Å². The van der Waals surface area contributed by atoms with Gasteiger partial charge >= 0.3 is 0 Å². The van der Waals surface area contributed by atoms with Crippen LogP contribution >= 0.6 is 15.9 Å². The van der Waals surface area contributed by atoms with Crippen LogP contribution in [0.2, 0.25) is 0 Å². The van der Waals surface area contributed by atoms with E-state index in [1.54, 1.807) is 12.1 Å². The molecule has 23 heavy (non-hydrogen) atoms. The lowest BCUT2D eigenvalue weighted by molar-refractivity contribution is 0.1000. The maximum Gasteiger partial charge on any atom is 0.248 e. The number of carbonyl (C=O) groups excluding carboxylic acids is 1. The number of rotatable bonds is 5. The van der Waals surface area contributed by atoms with Gasteiger partial charge in [-0.15, -0.1) is 0 Å². The molecular formula is C17H17BrN4O. The van der Waals surface area contributed by atoms with Gasteiger partial charge in [0.2, 0.25) is 11.9 Å². The molecule has 118 valence electrons. The number of anilines is 1. The van der Waals surface area contributed by atoms with Crippen molar-refractivity contribution in [1.82, 2.24) is 9.55 Å². The summed E-state index contributed by atoms with van der Waals surface area (Å²) in [5.41, 5.74) is 8.84. The number of nitrogens with two attached hydrogens (primary N) is 1. The van der Waals surface area contributed by atoms with Gasteiger partial charge in [0.05, 0.1) is 11.0 Å². The molecule has 1 amide bonds. The van der Waals surface area contributed by atoms with Crippen LogP contribution in [0.1, 0.15) is 22.8 Å². The lowest BCUT2D eigenvalue weighted by Crippen LogP contribution is -2.12. The molecule has 1 aromatic heterocycles. The van der Waals surface area contributed by atoms with E-state index in [-0.39, 0.29) is 0 Å². The molecule has 0 aliphatic carbocycles. The van der Waals surface area contributed by atoms with Gasteiger partial charge in [0.25, 0.3) is 0 Å². The SMILES string of the molecule is CCn1c(NCc2cccc(C(N)=O)c2)nc2cc(Br)ccc21. The number of hydrogen-bond acceptors (Lipinski definition) is 3. The zero-order valence-electron chi connectivity index (χ0n) is 12.7. The van der Waals surface area contributed by atoms with E-state index in [4.69, 9.17) is 5.73 Å². The Kier molecular flexibility index (Phi) is 4.34. The molecular weight excluding hydrogens is 356 g/mol. The fourth-order valence-electron chi connectivity index (χ4n) is 2.57. The van der Waals surface area contributed by atoms with E-state index in [2.05, 4.69) is 43.8 Å². The third-order valence-electron chi connectivity index (χ3n) is 3.69. The highest BCUT2D eigenvalue weighted by Crippen LogP contribution is 2.23. The second-order valence-electron chi connectivity index (χ2n) is 5.23. The first-order valence-corrected chi connectivity index (χ1v) is 8.16. The fourth-order valence-corrected chi connectivity index (χ4v) is 2.92. The van der Waals surface area contributed by atoms with Crippen LogP contribution in [-0.4, -0.2) is 15.5 Å². The van der Waals surface area contributed by atoms with Crippen LogP contribution in [0.15, 0.2) is 46.9 Å². The van der Waals surface area contributed by atoms with E-state index in [0.29, 0.717) is 12.1 Å². The zero-order chi connectivity index (χ0) is 16.4. The Bertz CT molecular complexity index is 872. The fraction of sp³-hybridized carbons (Fsp3) is 0.176. The number of aryl methyl sites for hydroxylation is 1. The summed E-state index contributed by atoms with van der Waals surface area (Å²) < 4.78 is 3.13. The first-order chi connectivity index (χ1) is 11.1. The number of hydrogen-bond donors (Lipinski definition) is 2. The van der Waals surface area contributed by atoms with Gasteiger partial charge in [0, 0.05) is 23.1 Å². The lowest BCUT2D eigenvalue weighted by Gasteiger charge is -2.09. The normalized spacial score (nSPS) is 10.9. The van der Waals surface area contributed by atoms with Crippen molar-refractivity contribution in [2.45, 2.75) is 20.0 Å². The van der Waals surface area contributed by atoms with Gasteiger partial charge in [0.1, 0.15) is 0 Å². The maximum absolute atomic E-state index is 11.3. The minimum atomic E-state index is -0.419. The summed E-state index contributed by atoms with van der Waals surface area (Å²) in [6.45, 7) is 3.48. The summed E-state index contributed by atoms with van der Waals surface area (Å²) >= 11 is 3.47. The monoisotopic (exact) mass is 372 g/mol. The molecule has 0 aliphatic rings. The number of benzene rings is 2. The van der Waals surface area contributed by atoms with Gasteiger partial charge in [0.15, 0.2) is 0 Å². The van der Waals surface area contributed by atoms with Crippen LogP contribution in [0.4, 0.5) is 5.95 Å². The van der Waals surface area contributed by atoms with E-state index >= 15 is 0 Å². The number of fused-ring (bicyclic) bond motifs is 1. The molecule has 0 fully saturated rings. The number of nitrogens with zero attached hydrogens (tertiary/aromatic N) is 2. The maximum atomic E-state index is 11.3. The molecule has 2 aromatic carbocycles. The van der Waals surface area contributed by atoms with Crippen molar-refractivity contribution >= 4 is 38.8 Å². The molecule has 5 nitrogen and oxygen atoms in total. The molecule has 0 atom stereocenters. The van der Waals surface area contributed by atoms with Crippen LogP contribution in [0.25, 0.3) is 11.0 Å². The smallest absolute Gasteiger partial charge is 0.248 e. The van der Waals surface area contributed by atoms with E-state index in [1.807, 2.05) is 24.3 Å². The van der Waals surface area contributed by atoms with Crippen molar-refractivity contribution in [2.24, 2.45) is 5.73 Å². The third-order valence-corrected chi connectivity index (χ3v) is 4.18. The molecule has 0 radical (unpaired) electrons. The average Bonchev–Trinajstić information content (AvgIpc) is 2.89. The third kappa shape index (κ3) is 3.22. The quantitative estimate of drug-likeness (QED) is 0.719. The predicted octanol–water partition coefficient (Wildman–Crippen LogP) is 3.53. The summed E-state index contributed by atoms with van der Waals surface area (Å²) in [6, 6.07) is 13.4. The molecule has 6 heteroatoms. The number of amides is 1. The highest BCUT2D eigenvalue weighted by atomic mass is 79.9. The average molecular weight is 373 g/mol. The first kappa shape index (κ1) is 15.6. The number of aromatic nitrogens is 2. The second kappa shape index (κ2) is 6.42. The molecule has 0 saturated carbocycles. The van der Waals surface area contributed by atoms with Crippen molar-refractivity contribution < 1.29 is 4.79 Å². The second-order valence-corrected chi connectivity index (χ2v) is 6.15. The van der Waals surface area contributed by atoms with Crippen LogP contribution < -0.4 is 11.1 Å². The number of carbonyl (C=O) groups is 1. The van der Waals surface area contributed by atoms with Gasteiger partial charge < -0.3 is 15.6 Å². The summed E-state index contributed by atoms with van der Waals surface area (Å²) in [7, 11) is 0. The Hall–Kier alpha value is -2.34. The van der Waals surface area contributed by atoms with Crippen molar-refractivity contribution in [3.8, 4) is 0 Å². The Labute approximate surface area is 142 Å². The Balaban J connectivity index is 1.87. The van der Waals surface area contributed by atoms with Crippen LogP contribution in [-0.2, 0) is 13.1 Å². The molecule has 1 heterocycles. The van der Waals surface area contributed by atoms with Gasteiger partial charge in [-0.05, 0) is 42.8 Å². The Morgan fingerprint density at radius 1 is 1.30 bits per heavy atom. The minimum absolute atomic E-state index is 0.419. The number of imidazole rings is 1. The van der Waals surface area contributed by atoms with Gasteiger partial charge in [-0.2, -0.15) is 0 Å². The molecule has 0 unspecified atom stereocenters. The summed E-state index contributed by atoms with van der Waals surface area (Å²) in [6.07, 6.45) is 0. The van der Waals surface area contributed by atoms with E-state index < -0.39 is 5.91 Å². The van der Waals surface area contributed by atoms with Crippen LogP contribution in [0, 0.1) is 0 Å². The van der Waals surface area contributed by atoms with Crippen molar-refractivity contribution in [1.29, 1.82) is 0 Å². The van der Waals surface area contributed by atoms with Crippen molar-refractivity contribution in [3.63, 3.8) is 0 Å². The molecule has 3 rings (SSSR count). The highest BCUT2D eigenvalue weighted by Gasteiger charge is 2.10. The molecule has 0 saturated heterocycles. The predicted molar refractivity (Wildman–Crippen MR) is 95.4 cm³/mol. The minimum Gasteiger partial charge on any atom is -0.366 e. The first-order valence-electron chi connectivity index (χ1n) is 7.37. The van der Waals surface area contributed by atoms with E-state index in [0.717, 1.165) is 33.6 Å². The van der Waals surface area contributed by atoms with E-state index in [9.17, 15) is 4.79 Å². The number of halogens is 1. The number of primary amides is 1. The summed E-state index contributed by atoms with van der Waals surface area (Å²) in [5.74, 6) is 0.391. The standard InChI is InChI=1S/C17H17BrN4O/c1-2-22-15-7-6-13(18)9-14(15)21-17(22)20-10-11-4-3-5-12(8-11)16(19)23/h3-9H,2,10H2,1H3,(H2,19,23)(H,20,21). The Morgan fingerprint density at radius 2 is 2.13 bits per heavy atom. The van der Waals surface area contributed by atoms with E-state index in [1.165, 1.54) is 0 Å². The van der Waals surface area contributed by atoms with Gasteiger partial charge in [-0.3, -0.25) is 4.79 Å². The summed E-state index contributed by atoms with van der Waals surface area (Å²) in [5, 5.41) is 3.34. The topological polar surface area (TPSA) is 72.9 Å². The largest absolute Gasteiger partial charge is 0.366 e. The molecule has 0 aliphatic heterocycles. The molecule has 0 spiro atoms. The lowest BCUT2D eigenvalue weighted by atomic mass is 10.1. The molecule has 3 N–H and O–H groups in total. The highest BCUT2D eigenvalue weighted by molar-refractivity contribution is 9.10.